The molecule has 0 saturated heterocycles. The number of carbonyl (C=O) groups excluding carboxylic acids is 4. The maximum absolute atomic E-state index is 13.5. The van der Waals surface area contributed by atoms with Crippen LogP contribution in [0.25, 0.3) is 43.1 Å². The summed E-state index contributed by atoms with van der Waals surface area (Å²) in [4.78, 5) is 52.6. The zero-order valence-corrected chi connectivity index (χ0v) is 27.1. The van der Waals surface area contributed by atoms with Crippen molar-refractivity contribution in [2.75, 3.05) is 13.2 Å². The Morgan fingerprint density at radius 1 is 0.571 bits per heavy atom. The summed E-state index contributed by atoms with van der Waals surface area (Å²) in [5.74, 6) is -1.35. The topological polar surface area (TPSA) is 86.7 Å². The lowest BCUT2D eigenvalue weighted by atomic mass is 9.83. The highest BCUT2D eigenvalue weighted by atomic mass is 79.9. The van der Waals surface area contributed by atoms with Crippen LogP contribution in [0.2, 0.25) is 0 Å². The van der Waals surface area contributed by atoms with E-state index in [4.69, 9.17) is 9.47 Å². The molecule has 5 rings (SSSR count). The van der Waals surface area contributed by atoms with Gasteiger partial charge in [-0.25, -0.2) is 9.59 Å². The molecule has 42 heavy (non-hydrogen) atoms. The van der Waals surface area contributed by atoms with Crippen molar-refractivity contribution in [3.05, 3.63) is 67.6 Å². The lowest BCUT2D eigenvalue weighted by Gasteiger charge is -2.22. The summed E-state index contributed by atoms with van der Waals surface area (Å²) in [7, 11) is 0. The van der Waals surface area contributed by atoms with Crippen LogP contribution in [-0.2, 0) is 9.47 Å². The zero-order valence-electron chi connectivity index (χ0n) is 23.9. The number of hydrogen-bond donors (Lipinski definition) is 0. The van der Waals surface area contributed by atoms with Crippen LogP contribution < -0.4 is 0 Å². The second-order valence-corrected chi connectivity index (χ2v) is 12.2. The van der Waals surface area contributed by atoms with Crippen LogP contribution in [0.5, 0.6) is 0 Å². The van der Waals surface area contributed by atoms with Crippen molar-refractivity contribution in [1.82, 2.24) is 0 Å². The molecule has 0 bridgehead atoms. The van der Waals surface area contributed by atoms with E-state index in [0.29, 0.717) is 36.2 Å². The summed E-state index contributed by atoms with van der Waals surface area (Å²) < 4.78 is 12.5. The summed E-state index contributed by atoms with van der Waals surface area (Å²) in [6.07, 6.45) is 3.19. The van der Waals surface area contributed by atoms with Crippen LogP contribution >= 0.6 is 31.9 Å². The van der Waals surface area contributed by atoms with Gasteiger partial charge in [-0.15, -0.1) is 0 Å². The second-order valence-electron chi connectivity index (χ2n) is 10.5. The SMILES string of the molecule is CCCCOC(=O)c1ccc2c3c(Br)cc(C(C)=O)c4c(C(C)=O)ccc(c5c(Br)cc(C(=O)OCCCC)c1c25)c43. The lowest BCUT2D eigenvalue weighted by molar-refractivity contribution is 0.0500. The highest BCUT2D eigenvalue weighted by Crippen LogP contribution is 2.48. The Balaban J connectivity index is 1.99. The molecule has 0 radical (unpaired) electrons. The number of esters is 2. The Kier molecular flexibility index (Phi) is 8.67. The van der Waals surface area contributed by atoms with E-state index in [2.05, 4.69) is 31.9 Å². The van der Waals surface area contributed by atoms with E-state index < -0.39 is 11.9 Å². The molecule has 0 heterocycles. The molecule has 5 aromatic rings. The van der Waals surface area contributed by atoms with Gasteiger partial charge < -0.3 is 9.47 Å². The van der Waals surface area contributed by atoms with E-state index in [0.717, 1.165) is 52.6 Å². The third-order valence-electron chi connectivity index (χ3n) is 7.67. The van der Waals surface area contributed by atoms with E-state index in [1.807, 2.05) is 26.0 Å². The molecule has 0 aromatic heterocycles. The van der Waals surface area contributed by atoms with Crippen molar-refractivity contribution < 1.29 is 28.7 Å². The Morgan fingerprint density at radius 3 is 1.48 bits per heavy atom. The second kappa shape index (κ2) is 12.1. The molecule has 0 saturated carbocycles. The van der Waals surface area contributed by atoms with Gasteiger partial charge >= 0.3 is 11.9 Å². The minimum atomic E-state index is -0.524. The molecule has 5 aromatic carbocycles. The Bertz CT molecular complexity index is 1920. The predicted molar refractivity (Wildman–Crippen MR) is 173 cm³/mol. The van der Waals surface area contributed by atoms with Crippen LogP contribution in [-0.4, -0.2) is 36.7 Å². The molecule has 0 aliphatic rings. The fourth-order valence-corrected chi connectivity index (χ4v) is 6.97. The summed E-state index contributed by atoms with van der Waals surface area (Å²) in [5, 5.41) is 5.56. The first kappa shape index (κ1) is 30.1. The van der Waals surface area contributed by atoms with Crippen molar-refractivity contribution in [3.8, 4) is 0 Å². The molecular weight excluding hydrogens is 664 g/mol. The van der Waals surface area contributed by atoms with Crippen LogP contribution in [0.1, 0.15) is 94.8 Å². The number of hydrogen-bond acceptors (Lipinski definition) is 6. The molecule has 216 valence electrons. The van der Waals surface area contributed by atoms with E-state index in [1.54, 1.807) is 24.3 Å². The molecule has 0 amide bonds. The Hall–Kier alpha value is -3.36. The summed E-state index contributed by atoms with van der Waals surface area (Å²) in [6.45, 7) is 7.55. The first-order valence-corrected chi connectivity index (χ1v) is 15.7. The van der Waals surface area contributed by atoms with Gasteiger partial charge in [0.1, 0.15) is 0 Å². The van der Waals surface area contributed by atoms with E-state index in [1.165, 1.54) is 13.8 Å². The van der Waals surface area contributed by atoms with Gasteiger partial charge in [0.2, 0.25) is 0 Å². The molecule has 0 aliphatic carbocycles. The van der Waals surface area contributed by atoms with E-state index in [9.17, 15) is 19.2 Å². The molecule has 6 nitrogen and oxygen atoms in total. The maximum atomic E-state index is 13.5. The molecule has 0 fully saturated rings. The number of unbranched alkanes of at least 4 members (excludes halogenated alkanes) is 2. The average Bonchev–Trinajstić information content (AvgIpc) is 2.95. The fraction of sp³-hybridized carbons (Fsp3) is 0.294. The summed E-state index contributed by atoms with van der Waals surface area (Å²) in [6, 6.07) is 10.6. The third-order valence-corrected chi connectivity index (χ3v) is 8.92. The lowest BCUT2D eigenvalue weighted by Crippen LogP contribution is -2.12. The number of halogens is 2. The normalized spacial score (nSPS) is 11.6. The summed E-state index contributed by atoms with van der Waals surface area (Å²) >= 11 is 7.43. The van der Waals surface area contributed by atoms with Gasteiger partial charge in [0.15, 0.2) is 11.6 Å². The summed E-state index contributed by atoms with van der Waals surface area (Å²) in [5.41, 5.74) is 1.43. The van der Waals surface area contributed by atoms with Crippen LogP contribution in [0, 0.1) is 0 Å². The number of carbonyl (C=O) groups is 4. The van der Waals surface area contributed by atoms with Gasteiger partial charge in [-0.1, -0.05) is 76.7 Å². The minimum absolute atomic E-state index is 0.150. The zero-order chi connectivity index (χ0) is 30.3. The third kappa shape index (κ3) is 4.98. The highest BCUT2D eigenvalue weighted by Gasteiger charge is 2.28. The van der Waals surface area contributed by atoms with Crippen molar-refractivity contribution >= 4 is 98.5 Å². The first-order valence-electron chi connectivity index (χ1n) is 14.1. The van der Waals surface area contributed by atoms with E-state index in [-0.39, 0.29) is 35.9 Å². The van der Waals surface area contributed by atoms with Gasteiger partial charge in [0.25, 0.3) is 0 Å². The molecule has 0 unspecified atom stereocenters. The van der Waals surface area contributed by atoms with E-state index >= 15 is 0 Å². The van der Waals surface area contributed by atoms with Crippen LogP contribution in [0.4, 0.5) is 0 Å². The van der Waals surface area contributed by atoms with Gasteiger partial charge in [-0.3, -0.25) is 9.59 Å². The van der Waals surface area contributed by atoms with Crippen molar-refractivity contribution in [2.45, 2.75) is 53.4 Å². The van der Waals surface area contributed by atoms with Gasteiger partial charge in [-0.2, -0.15) is 0 Å². The van der Waals surface area contributed by atoms with Crippen LogP contribution in [0.3, 0.4) is 0 Å². The highest BCUT2D eigenvalue weighted by molar-refractivity contribution is 9.11. The van der Waals surface area contributed by atoms with Gasteiger partial charge in [0, 0.05) is 52.4 Å². The Labute approximate surface area is 260 Å². The standard InChI is InChI=1S/C34H30Br2O6/c1-5-7-13-41-33(39)22-12-11-21-29-25(35)15-23(18(4)38)27-19(17(3)37)9-10-20(31(27)29)30-26(36)16-24(28(22)32(21)30)34(40)42-14-8-6-2/h9-12,15-16H,5-8,13-14H2,1-4H3. The minimum Gasteiger partial charge on any atom is -0.462 e. The number of ether oxygens (including phenoxy) is 2. The fourth-order valence-electron chi connectivity index (χ4n) is 5.68. The average molecular weight is 694 g/mol. The number of ketones is 2. The quantitative estimate of drug-likeness (QED) is 0.0476. The molecule has 0 aliphatic heterocycles. The number of Topliss-reactive ketones (excluding diaryl/α,β-unsaturated/α-hetero) is 2. The number of fused-ring (bicyclic) bond motifs is 2. The van der Waals surface area contributed by atoms with Gasteiger partial charge in [-0.05, 0) is 55.7 Å². The van der Waals surface area contributed by atoms with Crippen molar-refractivity contribution in [2.24, 2.45) is 0 Å². The largest absolute Gasteiger partial charge is 0.462 e. The molecular formula is C34H30Br2O6. The predicted octanol–water partition coefficient (Wildman–Crippen LogP) is 9.58. The number of benzene rings is 5. The number of rotatable bonds is 10. The van der Waals surface area contributed by atoms with Crippen molar-refractivity contribution in [1.29, 1.82) is 0 Å². The monoisotopic (exact) mass is 692 g/mol. The molecule has 0 N–H and O–H groups in total. The smallest absolute Gasteiger partial charge is 0.338 e. The Morgan fingerprint density at radius 2 is 1.00 bits per heavy atom. The van der Waals surface area contributed by atoms with Crippen molar-refractivity contribution in [3.63, 3.8) is 0 Å². The first-order chi connectivity index (χ1) is 20.1. The molecule has 8 heteroatoms. The maximum Gasteiger partial charge on any atom is 0.338 e. The van der Waals surface area contributed by atoms with Crippen LogP contribution in [0.15, 0.2) is 45.3 Å². The molecule has 0 atom stereocenters. The van der Waals surface area contributed by atoms with Gasteiger partial charge in [0.05, 0.1) is 24.3 Å². The molecule has 0 spiro atoms.